The van der Waals surface area contributed by atoms with Crippen molar-refractivity contribution in [2.45, 2.75) is 25.3 Å². The molecule has 2 rings (SSSR count). The number of nitrogens with two attached hydrogens (primary N) is 1. The van der Waals surface area contributed by atoms with E-state index in [1.165, 1.54) is 0 Å². The van der Waals surface area contributed by atoms with E-state index in [0.717, 1.165) is 25.1 Å². The Labute approximate surface area is 113 Å². The maximum absolute atomic E-state index is 11.7. The quantitative estimate of drug-likeness (QED) is 0.857. The van der Waals surface area contributed by atoms with Crippen LogP contribution in [0.25, 0.3) is 0 Å². The zero-order chi connectivity index (χ0) is 12.1. The Morgan fingerprint density at radius 1 is 1.56 bits per heavy atom. The fraction of sp³-hybridized carbons (Fsp3) is 0.500. The first-order valence-corrected chi connectivity index (χ1v) is 5.81. The number of carbonyl (C=O) groups excluding carboxylic acids is 1. The van der Waals surface area contributed by atoms with Crippen molar-refractivity contribution < 1.29 is 9.53 Å². The fourth-order valence-electron chi connectivity index (χ4n) is 1.84. The number of rotatable bonds is 3. The SMILES string of the molecule is Cl.Nc1ccc(CC(=O)NC2CCCOC2)nc1. The first-order chi connectivity index (χ1) is 8.24. The van der Waals surface area contributed by atoms with E-state index in [4.69, 9.17) is 10.5 Å². The van der Waals surface area contributed by atoms with Crippen LogP contribution in [0, 0.1) is 0 Å². The van der Waals surface area contributed by atoms with E-state index in [9.17, 15) is 4.79 Å². The lowest BCUT2D eigenvalue weighted by molar-refractivity contribution is -0.122. The maximum atomic E-state index is 11.7. The summed E-state index contributed by atoms with van der Waals surface area (Å²) in [5, 5.41) is 2.95. The molecule has 5 nitrogen and oxygen atoms in total. The molecule has 2 heterocycles. The summed E-state index contributed by atoms with van der Waals surface area (Å²) in [6, 6.07) is 3.66. The van der Waals surface area contributed by atoms with Gasteiger partial charge in [-0.2, -0.15) is 0 Å². The molecule has 18 heavy (non-hydrogen) atoms. The third-order valence-corrected chi connectivity index (χ3v) is 2.71. The highest BCUT2D eigenvalue weighted by Crippen LogP contribution is 2.06. The van der Waals surface area contributed by atoms with Crippen molar-refractivity contribution in [2.24, 2.45) is 0 Å². The van der Waals surface area contributed by atoms with Gasteiger partial charge in [0, 0.05) is 12.3 Å². The minimum Gasteiger partial charge on any atom is -0.397 e. The Kier molecular flexibility index (Phi) is 5.88. The Morgan fingerprint density at radius 3 is 3.00 bits per heavy atom. The van der Waals surface area contributed by atoms with Gasteiger partial charge < -0.3 is 15.8 Å². The number of aromatic nitrogens is 1. The number of anilines is 1. The molecule has 1 amide bonds. The first kappa shape index (κ1) is 14.7. The van der Waals surface area contributed by atoms with Gasteiger partial charge in [0.15, 0.2) is 0 Å². The molecule has 0 spiro atoms. The maximum Gasteiger partial charge on any atom is 0.226 e. The summed E-state index contributed by atoms with van der Waals surface area (Å²) in [7, 11) is 0. The molecule has 1 atom stereocenters. The Balaban J connectivity index is 0.00000162. The van der Waals surface area contributed by atoms with Crippen LogP contribution in [-0.4, -0.2) is 30.1 Å². The van der Waals surface area contributed by atoms with E-state index < -0.39 is 0 Å². The second-order valence-electron chi connectivity index (χ2n) is 4.24. The van der Waals surface area contributed by atoms with Gasteiger partial charge >= 0.3 is 0 Å². The highest BCUT2D eigenvalue weighted by molar-refractivity contribution is 5.85. The number of nitrogens with one attached hydrogen (secondary N) is 1. The molecule has 1 aliphatic heterocycles. The summed E-state index contributed by atoms with van der Waals surface area (Å²) in [4.78, 5) is 15.8. The average Bonchev–Trinajstić information content (AvgIpc) is 2.33. The van der Waals surface area contributed by atoms with Gasteiger partial charge in [0.05, 0.1) is 31.0 Å². The second kappa shape index (κ2) is 7.18. The molecule has 1 aromatic rings. The lowest BCUT2D eigenvalue weighted by atomic mass is 10.1. The third kappa shape index (κ3) is 4.50. The lowest BCUT2D eigenvalue weighted by Crippen LogP contribution is -2.41. The van der Waals surface area contributed by atoms with Gasteiger partial charge in [-0.3, -0.25) is 9.78 Å². The van der Waals surface area contributed by atoms with Crippen molar-refractivity contribution in [3.63, 3.8) is 0 Å². The summed E-state index contributed by atoms with van der Waals surface area (Å²) < 4.78 is 5.30. The molecule has 1 fully saturated rings. The van der Waals surface area contributed by atoms with Gasteiger partial charge in [0.25, 0.3) is 0 Å². The molecule has 1 aromatic heterocycles. The Bertz CT molecular complexity index is 377. The van der Waals surface area contributed by atoms with Crippen molar-refractivity contribution in [1.29, 1.82) is 0 Å². The molecule has 1 aliphatic rings. The molecule has 3 N–H and O–H groups in total. The monoisotopic (exact) mass is 271 g/mol. The van der Waals surface area contributed by atoms with Gasteiger partial charge in [0.2, 0.25) is 5.91 Å². The number of amides is 1. The van der Waals surface area contributed by atoms with Gasteiger partial charge in [-0.15, -0.1) is 12.4 Å². The van der Waals surface area contributed by atoms with Crippen LogP contribution in [-0.2, 0) is 16.0 Å². The molecular weight excluding hydrogens is 254 g/mol. The van der Waals surface area contributed by atoms with E-state index in [0.29, 0.717) is 12.3 Å². The van der Waals surface area contributed by atoms with Crippen LogP contribution in [0.15, 0.2) is 18.3 Å². The van der Waals surface area contributed by atoms with Gasteiger partial charge in [-0.25, -0.2) is 0 Å². The number of ether oxygens (including phenoxy) is 1. The smallest absolute Gasteiger partial charge is 0.226 e. The zero-order valence-corrected chi connectivity index (χ0v) is 10.9. The fourth-order valence-corrected chi connectivity index (χ4v) is 1.84. The van der Waals surface area contributed by atoms with Crippen LogP contribution in [0.1, 0.15) is 18.5 Å². The summed E-state index contributed by atoms with van der Waals surface area (Å²) in [6.07, 6.45) is 3.84. The van der Waals surface area contributed by atoms with Crippen molar-refractivity contribution in [2.75, 3.05) is 18.9 Å². The normalized spacial score (nSPS) is 18.8. The van der Waals surface area contributed by atoms with Gasteiger partial charge in [-0.05, 0) is 25.0 Å². The van der Waals surface area contributed by atoms with E-state index >= 15 is 0 Å². The van der Waals surface area contributed by atoms with Crippen LogP contribution in [0.2, 0.25) is 0 Å². The van der Waals surface area contributed by atoms with Crippen LogP contribution < -0.4 is 11.1 Å². The predicted molar refractivity (Wildman–Crippen MR) is 71.6 cm³/mol. The Hall–Kier alpha value is -1.33. The highest BCUT2D eigenvalue weighted by atomic mass is 35.5. The van der Waals surface area contributed by atoms with Crippen molar-refractivity contribution >= 4 is 24.0 Å². The Morgan fingerprint density at radius 2 is 2.39 bits per heavy atom. The highest BCUT2D eigenvalue weighted by Gasteiger charge is 2.16. The number of nitrogen functional groups attached to an aromatic ring is 1. The average molecular weight is 272 g/mol. The number of carbonyl (C=O) groups is 1. The van der Waals surface area contributed by atoms with Crippen molar-refractivity contribution in [3.05, 3.63) is 24.0 Å². The van der Waals surface area contributed by atoms with E-state index in [1.54, 1.807) is 18.3 Å². The zero-order valence-electron chi connectivity index (χ0n) is 10.1. The minimum atomic E-state index is -0.0160. The lowest BCUT2D eigenvalue weighted by Gasteiger charge is -2.23. The summed E-state index contributed by atoms with van der Waals surface area (Å²) in [5.74, 6) is -0.0160. The van der Waals surface area contributed by atoms with Crippen LogP contribution in [0.3, 0.4) is 0 Å². The van der Waals surface area contributed by atoms with E-state index in [-0.39, 0.29) is 30.8 Å². The predicted octanol–water partition coefficient (Wildman–Crippen LogP) is 0.923. The molecular formula is C12H18ClN3O2. The van der Waals surface area contributed by atoms with Crippen LogP contribution >= 0.6 is 12.4 Å². The largest absolute Gasteiger partial charge is 0.397 e. The first-order valence-electron chi connectivity index (χ1n) is 5.81. The second-order valence-corrected chi connectivity index (χ2v) is 4.24. The van der Waals surface area contributed by atoms with Gasteiger partial charge in [-0.1, -0.05) is 0 Å². The van der Waals surface area contributed by atoms with Gasteiger partial charge in [0.1, 0.15) is 0 Å². The standard InChI is InChI=1S/C12H17N3O2.ClH/c13-9-3-4-10(14-7-9)6-12(16)15-11-2-1-5-17-8-11;/h3-4,7,11H,1-2,5-6,8,13H2,(H,15,16);1H. The molecule has 100 valence electrons. The molecule has 0 aromatic carbocycles. The number of hydrogen-bond donors (Lipinski definition) is 2. The number of nitrogens with zero attached hydrogens (tertiary/aromatic N) is 1. The number of halogens is 1. The number of pyridine rings is 1. The third-order valence-electron chi connectivity index (χ3n) is 2.71. The van der Waals surface area contributed by atoms with Crippen LogP contribution in [0.4, 0.5) is 5.69 Å². The molecule has 0 bridgehead atoms. The summed E-state index contributed by atoms with van der Waals surface area (Å²) in [6.45, 7) is 1.41. The molecule has 1 saturated heterocycles. The number of hydrogen-bond acceptors (Lipinski definition) is 4. The molecule has 6 heteroatoms. The molecule has 0 aliphatic carbocycles. The van der Waals surface area contributed by atoms with Crippen molar-refractivity contribution in [3.8, 4) is 0 Å². The summed E-state index contributed by atoms with van der Waals surface area (Å²) >= 11 is 0. The minimum absolute atomic E-state index is 0. The molecule has 0 radical (unpaired) electrons. The van der Waals surface area contributed by atoms with E-state index in [1.807, 2.05) is 0 Å². The van der Waals surface area contributed by atoms with E-state index in [2.05, 4.69) is 10.3 Å². The van der Waals surface area contributed by atoms with Crippen molar-refractivity contribution in [1.82, 2.24) is 10.3 Å². The topological polar surface area (TPSA) is 77.2 Å². The van der Waals surface area contributed by atoms with Crippen LogP contribution in [0.5, 0.6) is 0 Å². The molecule has 0 saturated carbocycles. The molecule has 1 unspecified atom stereocenters. The summed E-state index contributed by atoms with van der Waals surface area (Å²) in [5.41, 5.74) is 6.86.